The van der Waals surface area contributed by atoms with E-state index < -0.39 is 0 Å². The molecule has 0 saturated carbocycles. The van der Waals surface area contributed by atoms with E-state index in [1.807, 2.05) is 12.1 Å². The molecule has 0 saturated heterocycles. The first-order chi connectivity index (χ1) is 8.69. The van der Waals surface area contributed by atoms with Crippen LogP contribution in [0.25, 0.3) is 11.1 Å². The molecule has 2 aromatic rings. The molecular weight excluding hydrogens is 228 g/mol. The molecule has 0 bridgehead atoms. The van der Waals surface area contributed by atoms with Crippen LogP contribution in [0.1, 0.15) is 32.6 Å². The summed E-state index contributed by atoms with van der Waals surface area (Å²) in [6, 6.07) is 5.46. The van der Waals surface area contributed by atoms with Gasteiger partial charge in [0.05, 0.1) is 0 Å². The van der Waals surface area contributed by atoms with Gasteiger partial charge in [-0.05, 0) is 24.5 Å². The lowest BCUT2D eigenvalue weighted by atomic mass is 10.1. The Kier molecular flexibility index (Phi) is 4.20. The quantitative estimate of drug-likeness (QED) is 0.796. The molecule has 1 aromatic carbocycles. The van der Waals surface area contributed by atoms with Gasteiger partial charge in [-0.3, -0.25) is 0 Å². The van der Waals surface area contributed by atoms with E-state index in [-0.39, 0.29) is 0 Å². The van der Waals surface area contributed by atoms with E-state index in [9.17, 15) is 0 Å². The molecule has 18 heavy (non-hydrogen) atoms. The monoisotopic (exact) mass is 248 g/mol. The average Bonchev–Trinajstić information content (AvgIpc) is 2.71. The van der Waals surface area contributed by atoms with E-state index in [1.165, 1.54) is 12.8 Å². The highest BCUT2D eigenvalue weighted by atomic mass is 16.5. The number of nitrogen functional groups attached to an aromatic ring is 1. The summed E-state index contributed by atoms with van der Waals surface area (Å²) in [5.74, 6) is 1.19. The summed E-state index contributed by atoms with van der Waals surface area (Å²) in [6.07, 6.45) is 2.37. The fourth-order valence-corrected chi connectivity index (χ4v) is 1.97. The Morgan fingerprint density at radius 1 is 1.44 bits per heavy atom. The molecule has 0 spiro atoms. The van der Waals surface area contributed by atoms with E-state index in [0.29, 0.717) is 24.1 Å². The Hall–Kier alpha value is -1.55. The Morgan fingerprint density at radius 2 is 2.28 bits per heavy atom. The van der Waals surface area contributed by atoms with Crippen LogP contribution >= 0.6 is 0 Å². The second-order valence-electron chi connectivity index (χ2n) is 4.74. The molecule has 0 radical (unpaired) electrons. The number of hydrogen-bond donors (Lipinski definition) is 1. The standard InChI is InChI=1S/C14H20N2O2/c1-3-4-10(2)8-17-9-14-16-12-6-5-11(15)7-13(12)18-14/h5-7,10H,3-4,8-9,15H2,1-2H3. The van der Waals surface area contributed by atoms with E-state index in [0.717, 1.165) is 17.7 Å². The zero-order valence-corrected chi connectivity index (χ0v) is 11.0. The number of oxazole rings is 1. The number of aromatic nitrogens is 1. The SMILES string of the molecule is CCCC(C)COCc1nc2ccc(N)cc2o1. The van der Waals surface area contributed by atoms with Gasteiger partial charge in [-0.2, -0.15) is 0 Å². The van der Waals surface area contributed by atoms with Crippen LogP contribution in [-0.2, 0) is 11.3 Å². The number of nitrogens with zero attached hydrogens (tertiary/aromatic N) is 1. The third-order valence-corrected chi connectivity index (χ3v) is 2.87. The third kappa shape index (κ3) is 3.23. The minimum Gasteiger partial charge on any atom is -0.438 e. The summed E-state index contributed by atoms with van der Waals surface area (Å²) < 4.78 is 11.2. The molecule has 2 rings (SSSR count). The van der Waals surface area contributed by atoms with Crippen LogP contribution in [-0.4, -0.2) is 11.6 Å². The highest BCUT2D eigenvalue weighted by Gasteiger charge is 2.07. The van der Waals surface area contributed by atoms with Gasteiger partial charge in [0.2, 0.25) is 5.89 Å². The van der Waals surface area contributed by atoms with Crippen LogP contribution < -0.4 is 5.73 Å². The summed E-state index contributed by atoms with van der Waals surface area (Å²) >= 11 is 0. The number of ether oxygens (including phenoxy) is 1. The predicted octanol–water partition coefficient (Wildman–Crippen LogP) is 3.36. The van der Waals surface area contributed by atoms with Crippen molar-refractivity contribution in [1.82, 2.24) is 4.98 Å². The second kappa shape index (κ2) is 5.87. The normalized spacial score (nSPS) is 13.0. The van der Waals surface area contributed by atoms with Gasteiger partial charge < -0.3 is 14.9 Å². The first kappa shape index (κ1) is 12.9. The minimum atomic E-state index is 0.419. The van der Waals surface area contributed by atoms with Crippen LogP contribution in [0.5, 0.6) is 0 Å². The number of nitrogens with two attached hydrogens (primary N) is 1. The molecule has 1 aromatic heterocycles. The fraction of sp³-hybridized carbons (Fsp3) is 0.500. The molecule has 98 valence electrons. The van der Waals surface area contributed by atoms with Crippen LogP contribution in [0.2, 0.25) is 0 Å². The lowest BCUT2D eigenvalue weighted by molar-refractivity contribution is 0.0756. The largest absolute Gasteiger partial charge is 0.438 e. The maximum atomic E-state index is 5.69. The molecule has 0 aliphatic carbocycles. The third-order valence-electron chi connectivity index (χ3n) is 2.87. The average molecular weight is 248 g/mol. The van der Waals surface area contributed by atoms with Crippen LogP contribution in [0.4, 0.5) is 5.69 Å². The van der Waals surface area contributed by atoms with E-state index in [2.05, 4.69) is 18.8 Å². The highest BCUT2D eigenvalue weighted by molar-refractivity contribution is 5.76. The molecule has 0 aliphatic rings. The zero-order valence-electron chi connectivity index (χ0n) is 11.0. The van der Waals surface area contributed by atoms with Gasteiger partial charge in [0.25, 0.3) is 0 Å². The zero-order chi connectivity index (χ0) is 13.0. The number of rotatable bonds is 6. The molecule has 2 N–H and O–H groups in total. The smallest absolute Gasteiger partial charge is 0.221 e. The topological polar surface area (TPSA) is 61.3 Å². The Bertz CT molecular complexity index is 507. The molecule has 0 aliphatic heterocycles. The van der Waals surface area contributed by atoms with Crippen molar-refractivity contribution < 1.29 is 9.15 Å². The summed E-state index contributed by atoms with van der Waals surface area (Å²) in [5.41, 5.74) is 7.91. The summed E-state index contributed by atoms with van der Waals surface area (Å²) in [5, 5.41) is 0. The highest BCUT2D eigenvalue weighted by Crippen LogP contribution is 2.19. The van der Waals surface area contributed by atoms with E-state index in [4.69, 9.17) is 14.9 Å². The van der Waals surface area contributed by atoms with Gasteiger partial charge in [0, 0.05) is 18.4 Å². The lowest BCUT2D eigenvalue weighted by Crippen LogP contribution is -2.05. The van der Waals surface area contributed by atoms with Crippen LogP contribution in [0.15, 0.2) is 22.6 Å². The van der Waals surface area contributed by atoms with E-state index >= 15 is 0 Å². The molecular formula is C14H20N2O2. The maximum Gasteiger partial charge on any atom is 0.221 e. The molecule has 1 heterocycles. The number of anilines is 1. The predicted molar refractivity (Wildman–Crippen MR) is 72.1 cm³/mol. The first-order valence-corrected chi connectivity index (χ1v) is 6.41. The van der Waals surface area contributed by atoms with Crippen LogP contribution in [0.3, 0.4) is 0 Å². The van der Waals surface area contributed by atoms with Gasteiger partial charge >= 0.3 is 0 Å². The first-order valence-electron chi connectivity index (χ1n) is 6.41. The van der Waals surface area contributed by atoms with Crippen molar-refractivity contribution in [2.24, 2.45) is 5.92 Å². The molecule has 4 nitrogen and oxygen atoms in total. The number of hydrogen-bond acceptors (Lipinski definition) is 4. The van der Waals surface area contributed by atoms with Crippen molar-refractivity contribution in [2.75, 3.05) is 12.3 Å². The number of fused-ring (bicyclic) bond motifs is 1. The number of benzene rings is 1. The van der Waals surface area contributed by atoms with Crippen molar-refractivity contribution in [1.29, 1.82) is 0 Å². The molecule has 4 heteroatoms. The Morgan fingerprint density at radius 3 is 3.06 bits per heavy atom. The van der Waals surface area contributed by atoms with E-state index in [1.54, 1.807) is 6.07 Å². The van der Waals surface area contributed by atoms with Crippen molar-refractivity contribution >= 4 is 16.8 Å². The Labute approximate surface area is 107 Å². The Balaban J connectivity index is 1.92. The van der Waals surface area contributed by atoms with Gasteiger partial charge in [-0.25, -0.2) is 4.98 Å². The maximum absolute atomic E-state index is 5.69. The molecule has 0 fully saturated rings. The molecule has 0 amide bonds. The van der Waals surface area contributed by atoms with Crippen LogP contribution in [0, 0.1) is 5.92 Å². The summed E-state index contributed by atoms with van der Waals surface area (Å²) in [4.78, 5) is 4.35. The minimum absolute atomic E-state index is 0.419. The summed E-state index contributed by atoms with van der Waals surface area (Å²) in [6.45, 7) is 5.54. The summed E-state index contributed by atoms with van der Waals surface area (Å²) in [7, 11) is 0. The van der Waals surface area contributed by atoms with Gasteiger partial charge in [-0.15, -0.1) is 0 Å². The lowest BCUT2D eigenvalue weighted by Gasteiger charge is -2.08. The van der Waals surface area contributed by atoms with Gasteiger partial charge in [0.1, 0.15) is 12.1 Å². The van der Waals surface area contributed by atoms with Gasteiger partial charge in [-0.1, -0.05) is 20.3 Å². The van der Waals surface area contributed by atoms with Crippen molar-refractivity contribution in [3.8, 4) is 0 Å². The fourth-order valence-electron chi connectivity index (χ4n) is 1.97. The molecule has 1 atom stereocenters. The molecule has 1 unspecified atom stereocenters. The van der Waals surface area contributed by atoms with Crippen molar-refractivity contribution in [3.05, 3.63) is 24.1 Å². The van der Waals surface area contributed by atoms with Crippen molar-refractivity contribution in [3.63, 3.8) is 0 Å². The van der Waals surface area contributed by atoms with Gasteiger partial charge in [0.15, 0.2) is 5.58 Å². The second-order valence-corrected chi connectivity index (χ2v) is 4.74. The van der Waals surface area contributed by atoms with Crippen molar-refractivity contribution in [2.45, 2.75) is 33.3 Å².